The van der Waals surface area contributed by atoms with Crippen molar-refractivity contribution < 1.29 is 14.3 Å². The van der Waals surface area contributed by atoms with Crippen molar-refractivity contribution in [1.29, 1.82) is 0 Å². The minimum Gasteiger partial charge on any atom is -0.463 e. The normalized spacial score (nSPS) is 30.3. The molecule has 0 amide bonds. The van der Waals surface area contributed by atoms with Gasteiger partial charge in [-0.3, -0.25) is 9.79 Å². The number of aliphatic imine (C=N–C) groups is 1. The van der Waals surface area contributed by atoms with Crippen LogP contribution in [0.4, 0.5) is 0 Å². The monoisotopic (exact) mass is 266 g/mol. The second kappa shape index (κ2) is 6.24. The highest BCUT2D eigenvalue weighted by molar-refractivity contribution is 8.14. The molecule has 0 spiro atoms. The fourth-order valence-corrected chi connectivity index (χ4v) is 2.50. The van der Waals surface area contributed by atoms with Crippen molar-refractivity contribution in [3.05, 3.63) is 25.5 Å². The molecule has 2 aliphatic rings. The maximum Gasteiger partial charge on any atom is 0.302 e. The predicted octanol–water partition coefficient (Wildman–Crippen LogP) is 0.684. The lowest BCUT2D eigenvalue weighted by molar-refractivity contribution is -0.145. The number of carbonyl (C=O) groups is 1. The number of rotatable bonds is 4. The van der Waals surface area contributed by atoms with Crippen LogP contribution in [0.15, 0.2) is 17.6 Å². The molecule has 2 aliphatic heterocycles. The Morgan fingerprint density at radius 2 is 2.56 bits per heavy atom. The number of nitrogens with one attached hydrogen (secondary N) is 1. The smallest absolute Gasteiger partial charge is 0.302 e. The van der Waals surface area contributed by atoms with Crippen molar-refractivity contribution in [1.82, 2.24) is 5.32 Å². The molecular weight excluding hydrogens is 252 g/mol. The number of ether oxygens (including phenoxy) is 2. The summed E-state index contributed by atoms with van der Waals surface area (Å²) >= 11 is 1.50. The number of hydrogen-bond acceptors (Lipinski definition) is 6. The summed E-state index contributed by atoms with van der Waals surface area (Å²) in [5.41, 5.74) is -0.126. The van der Waals surface area contributed by atoms with Gasteiger partial charge in [0.25, 0.3) is 0 Å². The van der Waals surface area contributed by atoms with Gasteiger partial charge in [0, 0.05) is 26.3 Å². The quantitative estimate of drug-likeness (QED) is 0.599. The zero-order valence-corrected chi connectivity index (χ0v) is 10.8. The number of nitrogens with zero attached hydrogens (tertiary/aromatic N) is 1. The number of thioether (sulfide) groups is 1. The van der Waals surface area contributed by atoms with Crippen LogP contribution in [0, 0.1) is 12.8 Å². The third-order valence-corrected chi connectivity index (χ3v) is 3.34. The van der Waals surface area contributed by atoms with Crippen molar-refractivity contribution >= 4 is 22.9 Å². The largest absolute Gasteiger partial charge is 0.463 e. The van der Waals surface area contributed by atoms with E-state index in [1.54, 1.807) is 6.08 Å². The standard InChI is InChI=1S/C12H14N2O3S/c1-3-6-13-12-14-10-5-4-9(7-16-8(2)15)17-11(10)18-12/h3,9-11H,1,6-7H2,2H3,(H,13,14)/t9-,10?,11?/m1/s1. The Bertz CT molecular complexity index is 359. The van der Waals surface area contributed by atoms with Gasteiger partial charge in [-0.15, -0.1) is 6.58 Å². The lowest BCUT2D eigenvalue weighted by Gasteiger charge is -2.28. The summed E-state index contributed by atoms with van der Waals surface area (Å²) < 4.78 is 10.6. The van der Waals surface area contributed by atoms with E-state index in [0.717, 1.165) is 5.17 Å². The van der Waals surface area contributed by atoms with E-state index in [1.165, 1.54) is 18.7 Å². The highest BCUT2D eigenvalue weighted by Crippen LogP contribution is 2.34. The SMILES string of the molecule is C=CCNC1=NC2[C][C][C@H](COC(C)=O)OC2S1. The van der Waals surface area contributed by atoms with Crippen molar-refractivity contribution in [3.63, 3.8) is 0 Å². The number of esters is 1. The number of hydrogen-bond donors (Lipinski definition) is 1. The maximum absolute atomic E-state index is 10.7. The van der Waals surface area contributed by atoms with Crippen LogP contribution in [0.1, 0.15) is 6.92 Å². The van der Waals surface area contributed by atoms with E-state index in [1.807, 2.05) is 0 Å². The minimum absolute atomic E-state index is 0.126. The lowest BCUT2D eigenvalue weighted by Crippen LogP contribution is -2.37. The highest BCUT2D eigenvalue weighted by atomic mass is 32.2. The van der Waals surface area contributed by atoms with Crippen LogP contribution in [0.2, 0.25) is 0 Å². The van der Waals surface area contributed by atoms with Crippen LogP contribution in [0.5, 0.6) is 0 Å². The van der Waals surface area contributed by atoms with Crippen LogP contribution < -0.4 is 5.32 Å². The predicted molar refractivity (Wildman–Crippen MR) is 68.8 cm³/mol. The first kappa shape index (κ1) is 13.4. The molecule has 1 N–H and O–H groups in total. The van der Waals surface area contributed by atoms with Gasteiger partial charge in [0.1, 0.15) is 18.1 Å². The summed E-state index contributed by atoms with van der Waals surface area (Å²) in [6, 6.07) is -0.143. The first-order chi connectivity index (χ1) is 8.69. The molecule has 0 bridgehead atoms. The van der Waals surface area contributed by atoms with E-state index in [0.29, 0.717) is 6.54 Å². The summed E-state index contributed by atoms with van der Waals surface area (Å²) in [7, 11) is 0. The number of amidine groups is 1. The average Bonchev–Trinajstić information content (AvgIpc) is 2.75. The Hall–Kier alpha value is -1.01. The van der Waals surface area contributed by atoms with E-state index >= 15 is 0 Å². The Kier molecular flexibility index (Phi) is 4.66. The summed E-state index contributed by atoms with van der Waals surface area (Å²) in [6.45, 7) is 5.83. The van der Waals surface area contributed by atoms with Crippen molar-refractivity contribution in [3.8, 4) is 0 Å². The summed E-state index contributed by atoms with van der Waals surface area (Å²) in [6.07, 6.45) is 7.33. The van der Waals surface area contributed by atoms with Crippen LogP contribution in [0.25, 0.3) is 0 Å². The Morgan fingerprint density at radius 1 is 1.72 bits per heavy atom. The zero-order chi connectivity index (χ0) is 13.0. The molecule has 0 aromatic rings. The van der Waals surface area contributed by atoms with E-state index < -0.39 is 0 Å². The molecule has 0 saturated carbocycles. The van der Waals surface area contributed by atoms with Gasteiger partial charge in [-0.1, -0.05) is 17.8 Å². The molecule has 4 radical (unpaired) electrons. The molecule has 2 rings (SSSR count). The molecule has 18 heavy (non-hydrogen) atoms. The van der Waals surface area contributed by atoms with Gasteiger partial charge in [0.15, 0.2) is 5.17 Å². The Balaban J connectivity index is 1.79. The molecule has 1 fully saturated rings. The van der Waals surface area contributed by atoms with E-state index in [2.05, 4.69) is 29.7 Å². The summed E-state index contributed by atoms with van der Waals surface area (Å²) in [5, 5.41) is 3.93. The molecule has 2 unspecified atom stereocenters. The average molecular weight is 266 g/mol. The van der Waals surface area contributed by atoms with Gasteiger partial charge in [0.05, 0.1) is 6.04 Å². The maximum atomic E-state index is 10.7. The molecule has 2 heterocycles. The second-order valence-corrected chi connectivity index (χ2v) is 4.84. The number of fused-ring (bicyclic) bond motifs is 1. The zero-order valence-electron chi connectivity index (χ0n) is 10.0. The molecule has 5 nitrogen and oxygen atoms in total. The first-order valence-corrected chi connectivity index (χ1v) is 6.46. The fourth-order valence-electron chi connectivity index (χ4n) is 1.49. The molecule has 0 aromatic carbocycles. The molecule has 3 atom stereocenters. The Labute approximate surface area is 111 Å². The summed E-state index contributed by atoms with van der Waals surface area (Å²) in [4.78, 5) is 15.1. The van der Waals surface area contributed by atoms with E-state index in [4.69, 9.17) is 9.47 Å². The van der Waals surface area contributed by atoms with E-state index in [-0.39, 0.29) is 30.2 Å². The second-order valence-electron chi connectivity index (χ2n) is 3.75. The topological polar surface area (TPSA) is 59.9 Å². The van der Waals surface area contributed by atoms with Crippen LogP contribution in [-0.4, -0.2) is 41.9 Å². The number of carbonyl (C=O) groups excluding carboxylic acids is 1. The molecule has 0 aliphatic carbocycles. The van der Waals surface area contributed by atoms with Gasteiger partial charge in [0.2, 0.25) is 0 Å². The lowest BCUT2D eigenvalue weighted by atomic mass is 10.1. The molecule has 0 aromatic heterocycles. The van der Waals surface area contributed by atoms with Crippen LogP contribution >= 0.6 is 11.8 Å². The highest BCUT2D eigenvalue weighted by Gasteiger charge is 2.38. The summed E-state index contributed by atoms with van der Waals surface area (Å²) in [5.74, 6) is -0.328. The van der Waals surface area contributed by atoms with Crippen molar-refractivity contribution in [2.45, 2.75) is 24.5 Å². The molecular formula is C12H14N2O3S. The third-order valence-electron chi connectivity index (χ3n) is 2.27. The van der Waals surface area contributed by atoms with Crippen molar-refractivity contribution in [2.75, 3.05) is 13.2 Å². The first-order valence-electron chi connectivity index (χ1n) is 5.58. The van der Waals surface area contributed by atoms with E-state index in [9.17, 15) is 4.79 Å². The van der Waals surface area contributed by atoms with Gasteiger partial charge in [-0.05, 0) is 0 Å². The van der Waals surface area contributed by atoms with Gasteiger partial charge < -0.3 is 14.8 Å². The molecule has 1 saturated heterocycles. The van der Waals surface area contributed by atoms with Gasteiger partial charge in [-0.25, -0.2) is 0 Å². The van der Waals surface area contributed by atoms with Crippen LogP contribution in [-0.2, 0) is 14.3 Å². The third kappa shape index (κ3) is 3.49. The van der Waals surface area contributed by atoms with Crippen molar-refractivity contribution in [2.24, 2.45) is 4.99 Å². The Morgan fingerprint density at radius 3 is 3.28 bits per heavy atom. The fraction of sp³-hybridized carbons (Fsp3) is 0.500. The van der Waals surface area contributed by atoms with Gasteiger partial charge in [-0.2, -0.15) is 0 Å². The molecule has 96 valence electrons. The minimum atomic E-state index is -0.364. The molecule has 6 heteroatoms. The van der Waals surface area contributed by atoms with Gasteiger partial charge >= 0.3 is 5.97 Å². The van der Waals surface area contributed by atoms with Crippen LogP contribution in [0.3, 0.4) is 0 Å².